The fourth-order valence-electron chi connectivity index (χ4n) is 6.66. The third-order valence-electron chi connectivity index (χ3n) is 7.17. The quantitative estimate of drug-likeness (QED) is 0.748. The molecule has 5 nitrogen and oxygen atoms in total. The zero-order chi connectivity index (χ0) is 17.8. The highest BCUT2D eigenvalue weighted by Crippen LogP contribution is 2.63. The predicted molar refractivity (Wildman–Crippen MR) is 82.8 cm³/mol. The Balaban J connectivity index is 1.44. The number of carbonyl (C=O) groups is 1. The maximum absolute atomic E-state index is 13.3. The largest absolute Gasteiger partial charge is 0.390 e. The monoisotopic (exact) mass is 318 g/mol. The number of amides is 1. The zero-order valence-electron chi connectivity index (χ0n) is 15.2. The molecule has 5 saturated carbocycles. The Labute approximate surface area is 139 Å². The van der Waals surface area contributed by atoms with Crippen LogP contribution in [0.3, 0.4) is 0 Å². The number of aliphatic hydroxyl groups is 1. The highest BCUT2D eigenvalue weighted by molar-refractivity contribution is 5.84. The molecule has 5 heteroatoms. The van der Waals surface area contributed by atoms with Crippen molar-refractivity contribution in [3.05, 3.63) is 0 Å². The summed E-state index contributed by atoms with van der Waals surface area (Å²) in [4.78, 5) is 14.7. The second-order valence-corrected chi connectivity index (χ2v) is 8.87. The van der Waals surface area contributed by atoms with E-state index in [0.717, 1.165) is 32.1 Å². The molecule has 1 aliphatic heterocycles. The molecule has 5 aliphatic carbocycles. The molecule has 6 rings (SSSR count). The summed E-state index contributed by atoms with van der Waals surface area (Å²) in [5, 5.41) is 20.3. The molecule has 0 spiro atoms. The van der Waals surface area contributed by atoms with E-state index in [1.54, 1.807) is 0 Å². The van der Waals surface area contributed by atoms with E-state index in [1.807, 2.05) is 0 Å². The number of hydrogen-bond acceptors (Lipinski definition) is 4. The highest BCUT2D eigenvalue weighted by Gasteiger charge is 2.62. The summed E-state index contributed by atoms with van der Waals surface area (Å²) in [6, 6.07) is 0.370. The average Bonchev–Trinajstić information content (AvgIpc) is 2.89. The summed E-state index contributed by atoms with van der Waals surface area (Å²) in [5.41, 5.74) is 5.45. The first-order valence-electron chi connectivity index (χ1n) is 9.89. The molecule has 23 heavy (non-hydrogen) atoms. The highest BCUT2D eigenvalue weighted by atomic mass is 16.3. The molecule has 3 N–H and O–H groups in total. The van der Waals surface area contributed by atoms with E-state index in [2.05, 4.69) is 6.07 Å². The Hall–Kier alpha value is -1.12. The van der Waals surface area contributed by atoms with Gasteiger partial charge in [-0.05, 0) is 74.5 Å². The summed E-state index contributed by atoms with van der Waals surface area (Å²) >= 11 is 0. The standard InChI is InChI=1S/C18H25N3O2/c19-8-13-2-12-3-14(12)21(13)16(22)15(20)17-4-10-1-11(5-17)7-18(23,6-10)9-17/h10-15,23H,1-7,9,20H2/t10?,11?,12-,13+,14+,15-,17?,18?/m1/s1/i3+1D2. The Kier molecular flexibility index (Phi) is 2.29. The van der Waals surface area contributed by atoms with Crippen molar-refractivity contribution in [3.63, 3.8) is 0 Å². The number of likely N-dealkylation sites (tertiary alicyclic amines) is 1. The van der Waals surface area contributed by atoms with Gasteiger partial charge in [-0.25, -0.2) is 0 Å². The summed E-state index contributed by atoms with van der Waals surface area (Å²) in [6.45, 7) is 0. The Morgan fingerprint density at radius 2 is 2.04 bits per heavy atom. The van der Waals surface area contributed by atoms with Gasteiger partial charge in [0.05, 0.1) is 17.7 Å². The van der Waals surface area contributed by atoms with Crippen LogP contribution >= 0.6 is 0 Å². The van der Waals surface area contributed by atoms with Crippen LogP contribution in [0, 0.1) is 34.5 Å². The van der Waals surface area contributed by atoms with Crippen LogP contribution in [0.2, 0.25) is 0 Å². The lowest BCUT2D eigenvalue weighted by atomic mass is 9.46. The van der Waals surface area contributed by atoms with Crippen molar-refractivity contribution in [2.24, 2.45) is 28.9 Å². The molecule has 6 aliphatic rings. The van der Waals surface area contributed by atoms with Gasteiger partial charge < -0.3 is 15.7 Å². The Morgan fingerprint density at radius 1 is 1.35 bits per heavy atom. The Bertz CT molecular complexity index is 676. The number of nitrogens with two attached hydrogens (primary N) is 1. The SMILES string of the molecule is [2H][13C]1([2H])[C@H]2C[C@@H](C#N)N(C(=O)[C@@H](N)C34CC5CC(CC(O)(C5)C3)C4)[C@H]21. The molecule has 4 bridgehead atoms. The smallest absolute Gasteiger partial charge is 0.241 e. The van der Waals surface area contributed by atoms with Crippen LogP contribution in [-0.2, 0) is 4.79 Å². The van der Waals surface area contributed by atoms with Gasteiger partial charge in [0.15, 0.2) is 0 Å². The van der Waals surface area contributed by atoms with Crippen molar-refractivity contribution < 1.29 is 12.6 Å². The van der Waals surface area contributed by atoms with Crippen molar-refractivity contribution in [2.75, 3.05) is 0 Å². The number of nitrogens with zero attached hydrogens (tertiary/aromatic N) is 2. The topological polar surface area (TPSA) is 90.4 Å². The molecule has 2 unspecified atom stereocenters. The molecule has 6 atom stereocenters. The molecule has 6 fully saturated rings. The summed E-state index contributed by atoms with van der Waals surface area (Å²) in [6.07, 6.45) is 4.13. The number of nitriles is 1. The summed E-state index contributed by atoms with van der Waals surface area (Å²) in [7, 11) is 0. The van der Waals surface area contributed by atoms with Crippen LogP contribution < -0.4 is 5.73 Å². The first kappa shape index (κ1) is 12.3. The van der Waals surface area contributed by atoms with E-state index in [1.165, 1.54) is 4.90 Å². The summed E-state index contributed by atoms with van der Waals surface area (Å²) < 4.78 is 16.1. The van der Waals surface area contributed by atoms with Crippen molar-refractivity contribution in [1.29, 1.82) is 5.26 Å². The molecule has 0 aromatic heterocycles. The van der Waals surface area contributed by atoms with E-state index in [4.69, 9.17) is 8.48 Å². The van der Waals surface area contributed by atoms with Gasteiger partial charge in [0, 0.05) is 8.78 Å². The average molecular weight is 318 g/mol. The van der Waals surface area contributed by atoms with Gasteiger partial charge in [-0.2, -0.15) is 5.26 Å². The lowest BCUT2D eigenvalue weighted by Crippen LogP contribution is -2.64. The molecule has 1 heterocycles. The number of rotatable bonds is 2. The number of piperidine rings is 1. The molecule has 1 saturated heterocycles. The minimum atomic E-state index is -1.39. The van der Waals surface area contributed by atoms with E-state index in [0.29, 0.717) is 24.7 Å². The maximum atomic E-state index is 13.3. The van der Waals surface area contributed by atoms with Crippen LogP contribution in [0.25, 0.3) is 0 Å². The second-order valence-electron chi connectivity index (χ2n) is 8.87. The van der Waals surface area contributed by atoms with Crippen LogP contribution in [-0.4, -0.2) is 39.6 Å². The van der Waals surface area contributed by atoms with Crippen LogP contribution in [0.5, 0.6) is 0 Å². The first-order chi connectivity index (χ1) is 11.7. The van der Waals surface area contributed by atoms with Gasteiger partial charge in [-0.1, -0.05) is 0 Å². The maximum Gasteiger partial charge on any atom is 0.241 e. The number of carbonyl (C=O) groups excluding carboxylic acids is 1. The van der Waals surface area contributed by atoms with Crippen molar-refractivity contribution >= 4 is 5.91 Å². The zero-order valence-corrected chi connectivity index (χ0v) is 13.2. The van der Waals surface area contributed by atoms with Gasteiger partial charge in [0.2, 0.25) is 5.91 Å². The van der Waals surface area contributed by atoms with E-state index >= 15 is 0 Å². The predicted octanol–water partition coefficient (Wildman–Crippen LogP) is 1.16. The molecule has 0 radical (unpaired) electrons. The molecular weight excluding hydrogens is 291 g/mol. The fraction of sp³-hybridized carbons (Fsp3) is 0.889. The molecule has 124 valence electrons. The molecule has 0 aromatic rings. The van der Waals surface area contributed by atoms with Gasteiger partial charge in [0.1, 0.15) is 6.04 Å². The van der Waals surface area contributed by atoms with E-state index in [-0.39, 0.29) is 17.2 Å². The van der Waals surface area contributed by atoms with Crippen molar-refractivity contribution in [3.8, 4) is 6.07 Å². The van der Waals surface area contributed by atoms with Gasteiger partial charge in [0.25, 0.3) is 0 Å². The van der Waals surface area contributed by atoms with Crippen LogP contribution in [0.1, 0.15) is 54.1 Å². The van der Waals surface area contributed by atoms with Gasteiger partial charge >= 0.3 is 0 Å². The lowest BCUT2D eigenvalue weighted by molar-refractivity contribution is -0.177. The summed E-state index contributed by atoms with van der Waals surface area (Å²) in [5.74, 6) is 0.380. The molecular formula is C18H25N3O2. The molecule has 1 amide bonds. The van der Waals surface area contributed by atoms with Gasteiger partial charge in [-0.15, -0.1) is 0 Å². The third kappa shape index (κ3) is 1.88. The number of hydrogen-bond donors (Lipinski definition) is 2. The van der Waals surface area contributed by atoms with Gasteiger partial charge in [-0.3, -0.25) is 4.79 Å². The normalized spacial score (nSPS) is 57.3. The minimum absolute atomic E-state index is 0.228. The number of fused-ring (bicyclic) bond motifs is 1. The molecule has 0 aromatic carbocycles. The van der Waals surface area contributed by atoms with Crippen LogP contribution in [0.4, 0.5) is 0 Å². The lowest BCUT2D eigenvalue weighted by Gasteiger charge is -2.61. The van der Waals surface area contributed by atoms with Crippen molar-refractivity contribution in [1.82, 2.24) is 4.90 Å². The van der Waals surface area contributed by atoms with Crippen LogP contribution in [0.15, 0.2) is 0 Å². The third-order valence-corrected chi connectivity index (χ3v) is 7.17. The Morgan fingerprint density at radius 3 is 2.65 bits per heavy atom. The van der Waals surface area contributed by atoms with Crippen molar-refractivity contribution in [2.45, 2.75) is 75.0 Å². The van der Waals surface area contributed by atoms with E-state index in [9.17, 15) is 15.2 Å². The minimum Gasteiger partial charge on any atom is -0.390 e. The fourth-order valence-corrected chi connectivity index (χ4v) is 6.66. The second kappa shape index (κ2) is 4.29. The first-order valence-corrected chi connectivity index (χ1v) is 8.89. The van der Waals surface area contributed by atoms with E-state index < -0.39 is 30.1 Å².